The van der Waals surface area contributed by atoms with E-state index in [1.54, 1.807) is 20.0 Å². The maximum absolute atomic E-state index is 13.4. The SMILES string of the molecule is CCCCP(C)(C)(C)F.CCCCP(C)(C)(C)OB(OP(C)(C)(C)CCCC)OP(C)(C)(C)CCCC.CCCCP(C)(C)(C)OB(OP(C)(C)(C)CCCC)OP(C)(C)(C)CCCC.CCCCP(C)(C)(C)OB(OP(C)(C)(C)CCCC)OP(C)(C)(C)CCCC.CCCCP(C)(C)(C)OB(OP(C)(C)(C)CCCC)OP(C)(C)(C)CCCC. The molecule has 0 bridgehead atoms. The average molecular weight is 1990 g/mol. The van der Waals surface area contributed by atoms with Crippen LogP contribution >= 0.6 is 88.9 Å². The van der Waals surface area contributed by atoms with Crippen molar-refractivity contribution in [2.75, 3.05) is 340 Å². The summed E-state index contributed by atoms with van der Waals surface area (Å²) in [5, 5.41) is 0. The molecule has 754 valence electrons. The van der Waals surface area contributed by atoms with Crippen molar-refractivity contribution in [3.05, 3.63) is 0 Å². The van der Waals surface area contributed by atoms with Crippen molar-refractivity contribution in [2.24, 2.45) is 0 Å². The van der Waals surface area contributed by atoms with Gasteiger partial charge in [-0.1, -0.05) is 0 Å². The molecule has 0 aromatic rings. The van der Waals surface area contributed by atoms with Gasteiger partial charge in [0, 0.05) is 0 Å². The van der Waals surface area contributed by atoms with E-state index in [-0.39, 0.29) is 0 Å². The molecule has 0 atom stereocenters. The second kappa shape index (κ2) is 49.2. The molecule has 0 fully saturated rings. The molecule has 0 heterocycles. The van der Waals surface area contributed by atoms with Gasteiger partial charge in [-0.2, -0.15) is 0 Å². The van der Waals surface area contributed by atoms with Gasteiger partial charge in [0.2, 0.25) is 0 Å². The Balaban J connectivity index is -0.000000477. The van der Waals surface area contributed by atoms with Gasteiger partial charge in [0.05, 0.1) is 0 Å². The molecule has 0 rings (SSSR count). The first-order chi connectivity index (χ1) is 52.9. The Labute approximate surface area is 767 Å². The van der Waals surface area contributed by atoms with E-state index in [9.17, 15) is 4.20 Å². The molecule has 0 aromatic carbocycles. The van der Waals surface area contributed by atoms with E-state index in [0.29, 0.717) is 0 Å². The van der Waals surface area contributed by atoms with Crippen LogP contribution in [-0.4, -0.2) is 369 Å². The average Bonchev–Trinajstić information content (AvgIpc) is 0.782. The van der Waals surface area contributed by atoms with E-state index < -0.39 is 118 Å². The molecule has 30 heteroatoms. The summed E-state index contributed by atoms with van der Waals surface area (Å²) in [6.07, 6.45) is 45.1. The zero-order valence-corrected chi connectivity index (χ0v) is 105. The maximum atomic E-state index is 13.4. The van der Waals surface area contributed by atoms with Gasteiger partial charge in [-0.05, 0) is 0 Å². The molecule has 121 heavy (non-hydrogen) atoms. The monoisotopic (exact) mass is 1990 g/mol. The van der Waals surface area contributed by atoms with Gasteiger partial charge in [0.25, 0.3) is 0 Å². The molecule has 0 aliphatic carbocycles. The Bertz CT molecular complexity index is 2240. The summed E-state index contributed by atoms with van der Waals surface area (Å²) in [7, 11) is -2.17. The summed E-state index contributed by atoms with van der Waals surface area (Å²) in [5.74, 6) is 0. The molecule has 0 amide bonds. The van der Waals surface area contributed by atoms with Crippen LogP contribution in [0.25, 0.3) is 0 Å². The number of hydrogen-bond donors (Lipinski definition) is 0. The number of halogens is 1. The third kappa shape index (κ3) is 79.0. The van der Waals surface area contributed by atoms with E-state index in [1.165, 1.54) is 154 Å². The number of unbranched alkanes of at least 4 members (excludes halogenated alkanes) is 13. The summed E-state index contributed by atoms with van der Waals surface area (Å²) >= 11 is 0. The minimum atomic E-state index is -2.63. The van der Waals surface area contributed by atoms with Crippen LogP contribution in [0.15, 0.2) is 0 Å². The minimum absolute atomic E-state index is 0.543. The fourth-order valence-electron chi connectivity index (χ4n) is 13.7. The topological polar surface area (TPSA) is 111 Å². The fourth-order valence-corrected chi connectivity index (χ4v) is 42.6. The zero-order chi connectivity index (χ0) is 97.2. The first-order valence-electron chi connectivity index (χ1n) is 48.9. The van der Waals surface area contributed by atoms with Crippen LogP contribution in [-0.2, 0) is 53.3 Å². The van der Waals surface area contributed by atoms with Gasteiger partial charge in [-0.3, -0.25) is 0 Å². The van der Waals surface area contributed by atoms with Crippen LogP contribution < -0.4 is 0 Å². The van der Waals surface area contributed by atoms with Crippen LogP contribution in [0.1, 0.15) is 257 Å². The molecule has 12 nitrogen and oxygen atoms in total. The fraction of sp³-hybridized carbons (Fsp3) is 1.00. The van der Waals surface area contributed by atoms with Gasteiger partial charge in [0.15, 0.2) is 0 Å². The molecule has 0 aliphatic rings. The number of hydrogen-bond acceptors (Lipinski definition) is 12. The van der Waals surface area contributed by atoms with Crippen molar-refractivity contribution in [1.29, 1.82) is 0 Å². The molecule has 0 saturated heterocycles. The molecule has 0 radical (unpaired) electrons. The summed E-state index contributed by atoms with van der Waals surface area (Å²) in [6.45, 7) is 87.8. The molecule has 0 spiro atoms. The molecule has 0 aliphatic heterocycles. The number of rotatable bonds is 63. The first-order valence-corrected chi connectivity index (χ1v) is 96.8. The van der Waals surface area contributed by atoms with Crippen molar-refractivity contribution in [2.45, 2.75) is 257 Å². The van der Waals surface area contributed by atoms with Crippen molar-refractivity contribution in [3.8, 4) is 0 Å². The van der Waals surface area contributed by atoms with Crippen LogP contribution in [0.5, 0.6) is 0 Å². The van der Waals surface area contributed by atoms with E-state index in [1.807, 2.05) is 0 Å². The normalized spacial score (nSPS) is 17.7. The molecule has 0 unspecified atom stereocenters. The van der Waals surface area contributed by atoms with Gasteiger partial charge >= 0.3 is 773 Å². The summed E-state index contributed by atoms with van der Waals surface area (Å²) in [4.78, 5) is 0. The van der Waals surface area contributed by atoms with Crippen molar-refractivity contribution in [3.63, 3.8) is 0 Å². The van der Waals surface area contributed by atoms with Gasteiger partial charge in [-0.25, -0.2) is 0 Å². The standard InChI is InChI=1S/4C21H54BO3P3.C7H18FP/c4*1-13-16-19-26(4,5,6)23-22(24-27(7,8,9)20-17-14-2)25-28(10,11,12)21-18-15-3;1-5-6-7-9(2,3,4)8/h4*13-21H2,1-12H3;5-7H2,1-4H3. The second-order valence-electron chi connectivity index (χ2n) is 54.9. The predicted octanol–water partition coefficient (Wildman–Crippen LogP) is 33.1. The Kier molecular flexibility index (Phi) is 54.8. The third-order valence-electron chi connectivity index (χ3n) is 22.3. The van der Waals surface area contributed by atoms with E-state index in [4.69, 9.17) is 53.3 Å². The Hall–Kier alpha value is 5.30. The van der Waals surface area contributed by atoms with Crippen LogP contribution in [0.4, 0.5) is 4.20 Å². The van der Waals surface area contributed by atoms with E-state index in [0.717, 1.165) is 92.9 Å². The molecular formula is C91H234B4FO12P13. The Morgan fingerprint density at radius 3 is 0.248 bits per heavy atom. The van der Waals surface area contributed by atoms with E-state index >= 15 is 0 Å². The third-order valence-corrected chi connectivity index (χ3v) is 57.6. The quantitative estimate of drug-likeness (QED) is 0.0427. The van der Waals surface area contributed by atoms with Crippen LogP contribution in [0.2, 0.25) is 0 Å². The van der Waals surface area contributed by atoms with Crippen molar-refractivity contribution < 1.29 is 57.5 Å². The first kappa shape index (κ1) is 135. The summed E-state index contributed by atoms with van der Waals surface area (Å²) < 4.78 is 95.5. The van der Waals surface area contributed by atoms with Crippen LogP contribution in [0.3, 0.4) is 0 Å². The van der Waals surface area contributed by atoms with E-state index in [2.05, 4.69) is 330 Å². The molecular weight excluding hydrogens is 1750 g/mol. The molecule has 0 aromatic heterocycles. The second-order valence-corrected chi connectivity index (χ2v) is 140. The van der Waals surface area contributed by atoms with Gasteiger partial charge in [0.1, 0.15) is 0 Å². The Morgan fingerprint density at radius 1 is 0.132 bits per heavy atom. The van der Waals surface area contributed by atoms with Crippen LogP contribution in [0, 0.1) is 0 Å². The molecule has 0 N–H and O–H groups in total. The molecule has 0 saturated carbocycles. The summed E-state index contributed by atoms with van der Waals surface area (Å²) in [6, 6.07) is 0. The van der Waals surface area contributed by atoms with Gasteiger partial charge < -0.3 is 0 Å². The van der Waals surface area contributed by atoms with Crippen molar-refractivity contribution in [1.82, 2.24) is 0 Å². The predicted molar refractivity (Wildman–Crippen MR) is 615 cm³/mol. The van der Waals surface area contributed by atoms with Gasteiger partial charge in [-0.15, -0.1) is 0 Å². The Morgan fingerprint density at radius 2 is 0.198 bits per heavy atom. The summed E-state index contributed by atoms with van der Waals surface area (Å²) in [5.41, 5.74) is 0. The zero-order valence-electron chi connectivity index (χ0n) is 93.0. The van der Waals surface area contributed by atoms with Crippen molar-refractivity contribution >= 4 is 118 Å².